The molecule has 2 nitrogen and oxygen atoms in total. The Balaban J connectivity index is 1.97. The maximum absolute atomic E-state index is 6.46. The first-order valence-electron chi connectivity index (χ1n) is 5.45. The van der Waals surface area contributed by atoms with Crippen LogP contribution in [0, 0.1) is 25.7 Å². The highest BCUT2D eigenvalue weighted by molar-refractivity contribution is 5.31. The highest BCUT2D eigenvalue weighted by atomic mass is 16.3. The standard InChI is InChI=1S/C12H17NO/c1-7-3-11(8(2)14-7)12(13)5-9-4-10(9)6-12/h3,9-10H,4-6,13H2,1-2H3. The van der Waals surface area contributed by atoms with Gasteiger partial charge in [0.1, 0.15) is 11.5 Å². The summed E-state index contributed by atoms with van der Waals surface area (Å²) in [7, 11) is 0. The summed E-state index contributed by atoms with van der Waals surface area (Å²) in [5.41, 5.74) is 7.63. The molecule has 0 radical (unpaired) electrons. The molecule has 2 heteroatoms. The Kier molecular flexibility index (Phi) is 1.48. The summed E-state index contributed by atoms with van der Waals surface area (Å²) in [4.78, 5) is 0. The van der Waals surface area contributed by atoms with Crippen molar-refractivity contribution in [3.05, 3.63) is 23.2 Å². The Labute approximate surface area is 84.5 Å². The number of furan rings is 1. The number of fused-ring (bicyclic) bond motifs is 1. The number of rotatable bonds is 1. The molecule has 2 N–H and O–H groups in total. The van der Waals surface area contributed by atoms with Crippen molar-refractivity contribution in [1.82, 2.24) is 0 Å². The first kappa shape index (κ1) is 8.54. The summed E-state index contributed by atoms with van der Waals surface area (Å²) < 4.78 is 5.56. The monoisotopic (exact) mass is 191 g/mol. The number of hydrogen-bond acceptors (Lipinski definition) is 2. The predicted octanol–water partition coefficient (Wildman–Crippen LogP) is 2.48. The minimum absolute atomic E-state index is 0.0740. The Morgan fingerprint density at radius 2 is 2.00 bits per heavy atom. The Morgan fingerprint density at radius 3 is 2.50 bits per heavy atom. The highest BCUT2D eigenvalue weighted by Gasteiger charge is 2.53. The van der Waals surface area contributed by atoms with Gasteiger partial charge >= 0.3 is 0 Å². The van der Waals surface area contributed by atoms with E-state index in [1.165, 1.54) is 12.0 Å². The molecule has 2 unspecified atom stereocenters. The minimum Gasteiger partial charge on any atom is -0.466 e. The van der Waals surface area contributed by atoms with Gasteiger partial charge in [-0.3, -0.25) is 0 Å². The normalized spacial score (nSPS) is 39.9. The maximum atomic E-state index is 6.46. The lowest BCUT2D eigenvalue weighted by molar-refractivity contribution is 0.398. The van der Waals surface area contributed by atoms with Gasteiger partial charge < -0.3 is 10.2 Å². The van der Waals surface area contributed by atoms with E-state index in [0.717, 1.165) is 36.2 Å². The third-order valence-corrected chi connectivity index (χ3v) is 3.90. The van der Waals surface area contributed by atoms with E-state index in [1.807, 2.05) is 13.8 Å². The van der Waals surface area contributed by atoms with Crippen LogP contribution in [0.15, 0.2) is 10.5 Å². The van der Waals surface area contributed by atoms with Gasteiger partial charge in [0.05, 0.1) is 0 Å². The highest BCUT2D eigenvalue weighted by Crippen LogP contribution is 2.58. The summed E-state index contributed by atoms with van der Waals surface area (Å²) in [5.74, 6) is 3.83. The van der Waals surface area contributed by atoms with Crippen LogP contribution in [0.3, 0.4) is 0 Å². The van der Waals surface area contributed by atoms with Crippen molar-refractivity contribution < 1.29 is 4.42 Å². The largest absolute Gasteiger partial charge is 0.466 e. The van der Waals surface area contributed by atoms with Gasteiger partial charge in [-0.1, -0.05) is 0 Å². The van der Waals surface area contributed by atoms with Crippen LogP contribution in [0.25, 0.3) is 0 Å². The van der Waals surface area contributed by atoms with Crippen LogP contribution in [-0.2, 0) is 5.54 Å². The summed E-state index contributed by atoms with van der Waals surface area (Å²) in [6.45, 7) is 4.02. The molecule has 2 aliphatic rings. The molecule has 2 fully saturated rings. The minimum atomic E-state index is -0.0740. The fourth-order valence-electron chi connectivity index (χ4n) is 3.17. The van der Waals surface area contributed by atoms with Gasteiger partial charge in [0.25, 0.3) is 0 Å². The molecule has 2 saturated carbocycles. The fraction of sp³-hybridized carbons (Fsp3) is 0.667. The van der Waals surface area contributed by atoms with Gasteiger partial charge in [-0.2, -0.15) is 0 Å². The third kappa shape index (κ3) is 1.07. The van der Waals surface area contributed by atoms with Crippen LogP contribution >= 0.6 is 0 Å². The molecule has 0 bridgehead atoms. The molecular formula is C12H17NO. The molecule has 0 aliphatic heterocycles. The van der Waals surface area contributed by atoms with Crippen LogP contribution < -0.4 is 5.73 Å². The molecule has 2 aliphatic carbocycles. The molecule has 76 valence electrons. The van der Waals surface area contributed by atoms with E-state index in [-0.39, 0.29) is 5.54 Å². The first-order valence-corrected chi connectivity index (χ1v) is 5.45. The average molecular weight is 191 g/mol. The van der Waals surface area contributed by atoms with E-state index in [1.54, 1.807) is 0 Å². The van der Waals surface area contributed by atoms with Gasteiger partial charge in [-0.25, -0.2) is 0 Å². The van der Waals surface area contributed by atoms with E-state index in [9.17, 15) is 0 Å². The molecule has 1 aromatic rings. The van der Waals surface area contributed by atoms with Crippen molar-refractivity contribution in [3.8, 4) is 0 Å². The second-order valence-electron chi connectivity index (χ2n) is 5.15. The molecule has 14 heavy (non-hydrogen) atoms. The Morgan fingerprint density at radius 1 is 1.36 bits per heavy atom. The Bertz CT molecular complexity index is 370. The van der Waals surface area contributed by atoms with Crippen molar-refractivity contribution in [1.29, 1.82) is 0 Å². The Hall–Kier alpha value is -0.760. The third-order valence-electron chi connectivity index (χ3n) is 3.90. The summed E-state index contributed by atoms with van der Waals surface area (Å²) >= 11 is 0. The zero-order chi connectivity index (χ0) is 9.92. The van der Waals surface area contributed by atoms with Crippen molar-refractivity contribution in [2.75, 3.05) is 0 Å². The quantitative estimate of drug-likeness (QED) is 0.740. The number of nitrogens with two attached hydrogens (primary N) is 1. The van der Waals surface area contributed by atoms with Gasteiger partial charge in [0.2, 0.25) is 0 Å². The maximum Gasteiger partial charge on any atom is 0.106 e. The van der Waals surface area contributed by atoms with Crippen molar-refractivity contribution in [2.45, 2.75) is 38.6 Å². The SMILES string of the molecule is Cc1cc(C2(N)CC3CC3C2)c(C)o1. The topological polar surface area (TPSA) is 39.2 Å². The molecule has 1 aromatic heterocycles. The molecule has 0 aromatic carbocycles. The molecule has 2 atom stereocenters. The van der Waals surface area contributed by atoms with Crippen LogP contribution in [-0.4, -0.2) is 0 Å². The average Bonchev–Trinajstić information content (AvgIpc) is 2.55. The van der Waals surface area contributed by atoms with Gasteiger partial charge in [0, 0.05) is 11.1 Å². The van der Waals surface area contributed by atoms with Gasteiger partial charge in [-0.05, 0) is 51.0 Å². The van der Waals surface area contributed by atoms with Crippen molar-refractivity contribution in [2.24, 2.45) is 17.6 Å². The van der Waals surface area contributed by atoms with Crippen LogP contribution in [0.5, 0.6) is 0 Å². The molecule has 0 spiro atoms. The molecule has 0 saturated heterocycles. The van der Waals surface area contributed by atoms with Crippen LogP contribution in [0.1, 0.15) is 36.3 Å². The second-order valence-corrected chi connectivity index (χ2v) is 5.15. The zero-order valence-corrected chi connectivity index (χ0v) is 8.84. The van der Waals surface area contributed by atoms with Crippen LogP contribution in [0.4, 0.5) is 0 Å². The van der Waals surface area contributed by atoms with Crippen molar-refractivity contribution in [3.63, 3.8) is 0 Å². The molecule has 3 rings (SSSR count). The van der Waals surface area contributed by atoms with Gasteiger partial charge in [0.15, 0.2) is 0 Å². The number of aryl methyl sites for hydroxylation is 2. The van der Waals surface area contributed by atoms with E-state index >= 15 is 0 Å². The summed E-state index contributed by atoms with van der Waals surface area (Å²) in [6, 6.07) is 2.13. The lowest BCUT2D eigenvalue weighted by atomic mass is 9.86. The number of hydrogen-bond donors (Lipinski definition) is 1. The fourth-order valence-corrected chi connectivity index (χ4v) is 3.17. The summed E-state index contributed by atoms with van der Waals surface area (Å²) in [6.07, 6.45) is 3.74. The smallest absolute Gasteiger partial charge is 0.106 e. The van der Waals surface area contributed by atoms with E-state index in [0.29, 0.717) is 0 Å². The van der Waals surface area contributed by atoms with E-state index in [4.69, 9.17) is 10.2 Å². The van der Waals surface area contributed by atoms with Crippen molar-refractivity contribution >= 4 is 0 Å². The van der Waals surface area contributed by atoms with E-state index < -0.39 is 0 Å². The second kappa shape index (κ2) is 2.43. The zero-order valence-electron chi connectivity index (χ0n) is 8.84. The molecule has 0 amide bonds. The lowest BCUT2D eigenvalue weighted by Crippen LogP contribution is -2.35. The van der Waals surface area contributed by atoms with E-state index in [2.05, 4.69) is 6.07 Å². The summed E-state index contributed by atoms with van der Waals surface area (Å²) in [5, 5.41) is 0. The van der Waals surface area contributed by atoms with Gasteiger partial charge in [-0.15, -0.1) is 0 Å². The lowest BCUT2D eigenvalue weighted by Gasteiger charge is -2.25. The molecular weight excluding hydrogens is 174 g/mol. The van der Waals surface area contributed by atoms with Crippen LogP contribution in [0.2, 0.25) is 0 Å². The molecule has 1 heterocycles. The first-order chi connectivity index (χ1) is 6.58. The predicted molar refractivity (Wildman–Crippen MR) is 54.9 cm³/mol.